The van der Waals surface area contributed by atoms with Crippen molar-refractivity contribution in [2.45, 2.75) is 39.7 Å². The molecule has 8 heteroatoms. The Morgan fingerprint density at radius 2 is 2.03 bits per heavy atom. The smallest absolute Gasteiger partial charge is 0.258 e. The molecule has 1 aromatic carbocycles. The van der Waals surface area contributed by atoms with Crippen LogP contribution in [0.4, 0.5) is 10.3 Å². The molecule has 1 amide bonds. The molecule has 0 saturated carbocycles. The van der Waals surface area contributed by atoms with Gasteiger partial charge in [-0.25, -0.2) is 19.3 Å². The van der Waals surface area contributed by atoms with Crippen LogP contribution in [0.15, 0.2) is 36.5 Å². The molecule has 0 saturated heterocycles. The molecule has 1 unspecified atom stereocenters. The summed E-state index contributed by atoms with van der Waals surface area (Å²) in [6, 6.07) is 7.89. The molecule has 1 aliphatic rings. The number of halogens is 1. The molecule has 0 radical (unpaired) electrons. The largest absolute Gasteiger partial charge is 0.481 e. The van der Waals surface area contributed by atoms with Gasteiger partial charge in [-0.2, -0.15) is 0 Å². The van der Waals surface area contributed by atoms with Crippen LogP contribution in [0.1, 0.15) is 53.6 Å². The van der Waals surface area contributed by atoms with Gasteiger partial charge in [-0.3, -0.25) is 4.79 Å². The van der Waals surface area contributed by atoms with Crippen LogP contribution in [0, 0.1) is 18.7 Å². The SMILES string of the molecule is COc1ncccc1-c1cc(F)ccc1C1Cc2nc(N)nc(C)c2C(=O)N1CCC(C)C. The predicted molar refractivity (Wildman–Crippen MR) is 124 cm³/mol. The van der Waals surface area contributed by atoms with Gasteiger partial charge < -0.3 is 15.4 Å². The Balaban J connectivity index is 1.89. The Kier molecular flexibility index (Phi) is 6.26. The average molecular weight is 450 g/mol. The number of nitrogens with zero attached hydrogens (tertiary/aromatic N) is 4. The normalized spacial score (nSPS) is 15.6. The first-order valence-electron chi connectivity index (χ1n) is 11.0. The summed E-state index contributed by atoms with van der Waals surface area (Å²) in [6.45, 7) is 6.58. The van der Waals surface area contributed by atoms with Gasteiger partial charge in [-0.15, -0.1) is 0 Å². The van der Waals surface area contributed by atoms with E-state index < -0.39 is 0 Å². The third-order valence-corrected chi connectivity index (χ3v) is 6.00. The maximum atomic E-state index is 14.4. The number of rotatable bonds is 6. The molecule has 0 spiro atoms. The second-order valence-corrected chi connectivity index (χ2v) is 8.68. The highest BCUT2D eigenvalue weighted by Gasteiger charge is 2.37. The van der Waals surface area contributed by atoms with Crippen LogP contribution in [0.25, 0.3) is 11.1 Å². The van der Waals surface area contributed by atoms with Crippen LogP contribution in [0.3, 0.4) is 0 Å². The summed E-state index contributed by atoms with van der Waals surface area (Å²) in [5.41, 5.74) is 9.70. The Morgan fingerprint density at radius 3 is 2.76 bits per heavy atom. The van der Waals surface area contributed by atoms with Gasteiger partial charge in [0.25, 0.3) is 5.91 Å². The topological polar surface area (TPSA) is 94.2 Å². The van der Waals surface area contributed by atoms with E-state index in [2.05, 4.69) is 28.8 Å². The number of amides is 1. The van der Waals surface area contributed by atoms with Crippen molar-refractivity contribution in [1.82, 2.24) is 19.9 Å². The van der Waals surface area contributed by atoms with Crippen molar-refractivity contribution in [2.24, 2.45) is 5.92 Å². The van der Waals surface area contributed by atoms with Gasteiger partial charge in [0, 0.05) is 24.7 Å². The highest BCUT2D eigenvalue weighted by atomic mass is 19.1. The molecule has 1 aliphatic heterocycles. The Bertz CT molecular complexity index is 1200. The Morgan fingerprint density at radius 1 is 1.24 bits per heavy atom. The van der Waals surface area contributed by atoms with Crippen LogP contribution >= 0.6 is 0 Å². The number of aryl methyl sites for hydroxylation is 1. The molecule has 1 atom stereocenters. The molecule has 2 aromatic heterocycles. The Labute approximate surface area is 192 Å². The zero-order valence-corrected chi connectivity index (χ0v) is 19.3. The lowest BCUT2D eigenvalue weighted by Gasteiger charge is -2.38. The number of methoxy groups -OCH3 is 1. The summed E-state index contributed by atoms with van der Waals surface area (Å²) in [5, 5.41) is 0. The van der Waals surface area contributed by atoms with Crippen LogP contribution in [0.2, 0.25) is 0 Å². The molecule has 4 rings (SSSR count). The Hall–Kier alpha value is -3.55. The number of nitrogen functional groups attached to an aromatic ring is 1. The van der Waals surface area contributed by atoms with Gasteiger partial charge in [-0.1, -0.05) is 19.9 Å². The van der Waals surface area contributed by atoms with Gasteiger partial charge in [0.1, 0.15) is 5.82 Å². The molecular formula is C25H28FN5O2. The number of fused-ring (bicyclic) bond motifs is 1. The summed E-state index contributed by atoms with van der Waals surface area (Å²) in [4.78, 5) is 28.4. The molecule has 7 nitrogen and oxygen atoms in total. The van der Waals surface area contributed by atoms with Crippen LogP contribution in [-0.2, 0) is 6.42 Å². The summed E-state index contributed by atoms with van der Waals surface area (Å²) < 4.78 is 19.9. The van der Waals surface area contributed by atoms with Crippen molar-refractivity contribution in [3.8, 4) is 17.0 Å². The third-order valence-electron chi connectivity index (χ3n) is 6.00. The van der Waals surface area contributed by atoms with E-state index in [1.54, 1.807) is 25.3 Å². The number of carbonyl (C=O) groups excluding carboxylic acids is 1. The van der Waals surface area contributed by atoms with E-state index in [9.17, 15) is 9.18 Å². The molecule has 2 N–H and O–H groups in total. The highest BCUT2D eigenvalue weighted by Crippen LogP contribution is 2.40. The fraction of sp³-hybridized carbons (Fsp3) is 0.360. The highest BCUT2D eigenvalue weighted by molar-refractivity contribution is 5.98. The van der Waals surface area contributed by atoms with E-state index in [0.29, 0.717) is 52.8 Å². The number of ether oxygens (including phenoxy) is 1. The lowest BCUT2D eigenvalue weighted by atomic mass is 9.87. The predicted octanol–water partition coefficient (Wildman–Crippen LogP) is 4.36. The molecule has 172 valence electrons. The first-order chi connectivity index (χ1) is 15.8. The molecule has 33 heavy (non-hydrogen) atoms. The van der Waals surface area contributed by atoms with Gasteiger partial charge in [0.2, 0.25) is 11.8 Å². The van der Waals surface area contributed by atoms with Crippen molar-refractivity contribution in [2.75, 3.05) is 19.4 Å². The number of anilines is 1. The number of pyridine rings is 1. The molecule has 0 fully saturated rings. The maximum absolute atomic E-state index is 14.4. The van der Waals surface area contributed by atoms with Crippen LogP contribution in [-0.4, -0.2) is 39.4 Å². The second kappa shape index (κ2) is 9.13. The van der Waals surface area contributed by atoms with Crippen LogP contribution < -0.4 is 10.5 Å². The number of carbonyl (C=O) groups is 1. The number of hydrogen-bond donors (Lipinski definition) is 1. The van der Waals surface area contributed by atoms with E-state index >= 15 is 0 Å². The lowest BCUT2D eigenvalue weighted by molar-refractivity contribution is 0.0633. The fourth-order valence-corrected chi connectivity index (χ4v) is 4.40. The maximum Gasteiger partial charge on any atom is 0.258 e. The van der Waals surface area contributed by atoms with E-state index in [4.69, 9.17) is 10.5 Å². The van der Waals surface area contributed by atoms with Gasteiger partial charge in [-0.05, 0) is 54.7 Å². The molecule has 0 aliphatic carbocycles. The van der Waals surface area contributed by atoms with Crippen molar-refractivity contribution in [3.05, 3.63) is 64.9 Å². The third kappa shape index (κ3) is 4.37. The first kappa shape index (κ1) is 22.6. The zero-order valence-electron chi connectivity index (χ0n) is 19.3. The van der Waals surface area contributed by atoms with Crippen molar-refractivity contribution in [1.29, 1.82) is 0 Å². The summed E-state index contributed by atoms with van der Waals surface area (Å²) in [6.07, 6.45) is 2.91. The molecule has 3 heterocycles. The quantitative estimate of drug-likeness (QED) is 0.601. The minimum Gasteiger partial charge on any atom is -0.481 e. The van der Waals surface area contributed by atoms with Gasteiger partial charge in [0.15, 0.2) is 0 Å². The molecule has 3 aromatic rings. The summed E-state index contributed by atoms with van der Waals surface area (Å²) >= 11 is 0. The second-order valence-electron chi connectivity index (χ2n) is 8.68. The first-order valence-corrected chi connectivity index (χ1v) is 11.0. The van der Waals surface area contributed by atoms with Gasteiger partial charge >= 0.3 is 0 Å². The molecule has 0 bridgehead atoms. The number of hydrogen-bond acceptors (Lipinski definition) is 6. The van der Waals surface area contributed by atoms with E-state index in [1.165, 1.54) is 19.2 Å². The van der Waals surface area contributed by atoms with Crippen molar-refractivity contribution < 1.29 is 13.9 Å². The zero-order chi connectivity index (χ0) is 23.7. The monoisotopic (exact) mass is 449 g/mol. The van der Waals surface area contributed by atoms with Crippen molar-refractivity contribution >= 4 is 11.9 Å². The van der Waals surface area contributed by atoms with Gasteiger partial charge in [0.05, 0.1) is 30.1 Å². The van der Waals surface area contributed by atoms with E-state index in [0.717, 1.165) is 12.0 Å². The van der Waals surface area contributed by atoms with E-state index in [1.807, 2.05) is 11.0 Å². The lowest BCUT2D eigenvalue weighted by Crippen LogP contribution is -2.42. The minimum absolute atomic E-state index is 0.132. The van der Waals surface area contributed by atoms with E-state index in [-0.39, 0.29) is 23.7 Å². The standard InChI is InChI=1S/C25H28FN5O2/c1-14(2)9-11-31-21(13-20-22(24(31)32)15(3)29-25(27)30-20)17-8-7-16(26)12-19(17)18-6-5-10-28-23(18)33-4/h5-8,10,12,14,21H,9,11,13H2,1-4H3,(H2,27,29,30). The number of nitrogens with two attached hydrogens (primary N) is 1. The van der Waals surface area contributed by atoms with Crippen molar-refractivity contribution in [3.63, 3.8) is 0 Å². The summed E-state index contributed by atoms with van der Waals surface area (Å²) in [7, 11) is 1.53. The number of aromatic nitrogens is 3. The fourth-order valence-electron chi connectivity index (χ4n) is 4.40. The molecular weight excluding hydrogens is 421 g/mol. The summed E-state index contributed by atoms with van der Waals surface area (Å²) in [5.74, 6) is 0.436. The minimum atomic E-state index is -0.377. The number of benzene rings is 1. The van der Waals surface area contributed by atoms with Crippen LogP contribution in [0.5, 0.6) is 5.88 Å². The average Bonchev–Trinajstić information content (AvgIpc) is 2.77.